The number of urea groups is 1. The topological polar surface area (TPSA) is 90.0 Å². The molecule has 1 atom stereocenters. The Labute approximate surface area is 153 Å². The molecular formula is C19H25N3O4. The Morgan fingerprint density at radius 3 is 2.46 bits per heavy atom. The lowest BCUT2D eigenvalue weighted by Crippen LogP contribution is -2.44. The van der Waals surface area contributed by atoms with Crippen LogP contribution in [0.2, 0.25) is 0 Å². The zero-order valence-corrected chi connectivity index (χ0v) is 15.0. The number of carboxylic acids is 1. The van der Waals surface area contributed by atoms with Crippen LogP contribution in [0.25, 0.3) is 0 Å². The monoisotopic (exact) mass is 359 g/mol. The molecule has 0 spiro atoms. The highest BCUT2D eigenvalue weighted by atomic mass is 16.4. The first-order valence-corrected chi connectivity index (χ1v) is 9.09. The van der Waals surface area contributed by atoms with Gasteiger partial charge in [0.2, 0.25) is 5.91 Å². The van der Waals surface area contributed by atoms with Gasteiger partial charge in [-0.15, -0.1) is 0 Å². The molecule has 2 aliphatic rings. The van der Waals surface area contributed by atoms with Crippen LogP contribution in [0.1, 0.15) is 38.2 Å². The van der Waals surface area contributed by atoms with Gasteiger partial charge >= 0.3 is 12.0 Å². The lowest BCUT2D eigenvalue weighted by molar-refractivity contribution is -0.143. The molecule has 0 aromatic heterocycles. The van der Waals surface area contributed by atoms with Crippen molar-refractivity contribution >= 4 is 23.6 Å². The molecular weight excluding hydrogens is 334 g/mol. The summed E-state index contributed by atoms with van der Waals surface area (Å²) in [6.07, 6.45) is 3.45. The Hall–Kier alpha value is -2.57. The van der Waals surface area contributed by atoms with Crippen LogP contribution in [-0.4, -0.2) is 51.9 Å². The molecule has 1 aliphatic heterocycles. The summed E-state index contributed by atoms with van der Waals surface area (Å²) in [6, 6.07) is 7.54. The van der Waals surface area contributed by atoms with Gasteiger partial charge in [0.1, 0.15) is 0 Å². The maximum atomic E-state index is 12.4. The quantitative estimate of drug-likeness (QED) is 0.845. The van der Waals surface area contributed by atoms with Gasteiger partial charge in [-0.1, -0.05) is 12.1 Å². The van der Waals surface area contributed by atoms with Crippen LogP contribution in [0.4, 0.5) is 10.5 Å². The number of carbonyl (C=O) groups excluding carboxylic acids is 2. The van der Waals surface area contributed by atoms with E-state index in [2.05, 4.69) is 5.32 Å². The number of hydrogen-bond donors (Lipinski definition) is 2. The smallest absolute Gasteiger partial charge is 0.321 e. The summed E-state index contributed by atoms with van der Waals surface area (Å²) >= 11 is 0. The van der Waals surface area contributed by atoms with E-state index in [1.54, 1.807) is 11.8 Å². The van der Waals surface area contributed by atoms with Gasteiger partial charge in [-0.3, -0.25) is 9.59 Å². The minimum absolute atomic E-state index is 0.0861. The Morgan fingerprint density at radius 1 is 1.19 bits per heavy atom. The molecule has 7 nitrogen and oxygen atoms in total. The first-order valence-electron chi connectivity index (χ1n) is 9.09. The molecule has 1 unspecified atom stereocenters. The summed E-state index contributed by atoms with van der Waals surface area (Å²) in [7, 11) is 0. The number of carbonyl (C=O) groups is 3. The first-order chi connectivity index (χ1) is 12.4. The number of carboxylic acid groups (broad SMARTS) is 1. The van der Waals surface area contributed by atoms with E-state index in [1.807, 2.05) is 29.2 Å². The van der Waals surface area contributed by atoms with Gasteiger partial charge in [0.15, 0.2) is 0 Å². The van der Waals surface area contributed by atoms with Crippen molar-refractivity contribution < 1.29 is 19.5 Å². The number of benzene rings is 1. The first kappa shape index (κ1) is 18.2. The van der Waals surface area contributed by atoms with Crippen molar-refractivity contribution in [2.45, 2.75) is 45.2 Å². The average Bonchev–Trinajstić information content (AvgIpc) is 3.45. The number of anilines is 1. The molecule has 1 heterocycles. The third-order valence-corrected chi connectivity index (χ3v) is 5.01. The van der Waals surface area contributed by atoms with Gasteiger partial charge < -0.3 is 20.2 Å². The minimum atomic E-state index is -0.849. The Bertz CT molecular complexity index is 685. The fourth-order valence-electron chi connectivity index (χ4n) is 3.34. The number of aliphatic carboxylic acids is 1. The van der Waals surface area contributed by atoms with Crippen molar-refractivity contribution in [3.63, 3.8) is 0 Å². The molecule has 1 aromatic rings. The Morgan fingerprint density at radius 2 is 1.88 bits per heavy atom. The van der Waals surface area contributed by atoms with Crippen LogP contribution in [0.3, 0.4) is 0 Å². The largest absolute Gasteiger partial charge is 0.481 e. The number of piperidine rings is 1. The fraction of sp³-hybridized carbons (Fsp3) is 0.526. The number of amides is 3. The van der Waals surface area contributed by atoms with Gasteiger partial charge in [0, 0.05) is 38.3 Å². The van der Waals surface area contributed by atoms with E-state index in [-0.39, 0.29) is 18.5 Å². The highest BCUT2D eigenvalue weighted by Crippen LogP contribution is 2.28. The summed E-state index contributed by atoms with van der Waals surface area (Å²) in [5, 5.41) is 11.9. The number of nitrogens with one attached hydrogen (secondary N) is 1. The number of rotatable bonds is 5. The molecule has 2 N–H and O–H groups in total. The number of nitrogens with zero attached hydrogens (tertiary/aromatic N) is 2. The van der Waals surface area contributed by atoms with Gasteiger partial charge in [-0.2, -0.15) is 0 Å². The molecule has 1 saturated carbocycles. The summed E-state index contributed by atoms with van der Waals surface area (Å²) in [6.45, 7) is 2.99. The van der Waals surface area contributed by atoms with Crippen molar-refractivity contribution in [2.75, 3.05) is 18.4 Å². The van der Waals surface area contributed by atoms with Gasteiger partial charge in [0.05, 0.1) is 5.92 Å². The molecule has 0 radical (unpaired) electrons. The predicted octanol–water partition coefficient (Wildman–Crippen LogP) is 2.53. The Balaban J connectivity index is 1.56. The second-order valence-corrected chi connectivity index (χ2v) is 7.13. The molecule has 0 bridgehead atoms. The van der Waals surface area contributed by atoms with E-state index < -0.39 is 11.9 Å². The molecule has 7 heteroatoms. The minimum Gasteiger partial charge on any atom is -0.481 e. The van der Waals surface area contributed by atoms with Crippen molar-refractivity contribution in [2.24, 2.45) is 5.92 Å². The molecule has 3 rings (SSSR count). The van der Waals surface area contributed by atoms with E-state index in [1.165, 1.54) is 0 Å². The van der Waals surface area contributed by atoms with Crippen LogP contribution < -0.4 is 5.32 Å². The lowest BCUT2D eigenvalue weighted by Gasteiger charge is -2.30. The van der Waals surface area contributed by atoms with E-state index in [0.29, 0.717) is 37.7 Å². The standard InChI is InChI=1S/C19H25N3O4/c1-13(23)22(17-8-9-17)11-14-4-6-16(7-5-14)20-19(26)21-10-2-3-15(12-21)18(24)25/h4-7,15,17H,2-3,8-12H2,1H3,(H,20,26)(H,24,25). The highest BCUT2D eigenvalue weighted by Gasteiger charge is 2.31. The molecule has 3 amide bonds. The van der Waals surface area contributed by atoms with E-state index in [0.717, 1.165) is 18.4 Å². The fourth-order valence-corrected chi connectivity index (χ4v) is 3.34. The maximum absolute atomic E-state index is 12.4. The van der Waals surface area contributed by atoms with Crippen LogP contribution in [0.5, 0.6) is 0 Å². The normalized spacial score (nSPS) is 19.7. The zero-order valence-electron chi connectivity index (χ0n) is 15.0. The van der Waals surface area contributed by atoms with Gasteiger partial charge in [-0.25, -0.2) is 4.79 Å². The third-order valence-electron chi connectivity index (χ3n) is 5.01. The third kappa shape index (κ3) is 4.53. The van der Waals surface area contributed by atoms with E-state index in [9.17, 15) is 14.4 Å². The molecule has 26 heavy (non-hydrogen) atoms. The molecule has 1 aromatic carbocycles. The molecule has 1 aliphatic carbocycles. The lowest BCUT2D eigenvalue weighted by atomic mass is 9.99. The summed E-state index contributed by atoms with van der Waals surface area (Å²) in [5.74, 6) is -1.25. The second kappa shape index (κ2) is 7.76. The molecule has 140 valence electrons. The molecule has 1 saturated heterocycles. The predicted molar refractivity (Wildman–Crippen MR) is 96.6 cm³/mol. The summed E-state index contributed by atoms with van der Waals surface area (Å²) in [4.78, 5) is 38.6. The van der Waals surface area contributed by atoms with Crippen molar-refractivity contribution in [3.8, 4) is 0 Å². The number of likely N-dealkylation sites (tertiary alicyclic amines) is 1. The zero-order chi connectivity index (χ0) is 18.7. The van der Waals surface area contributed by atoms with Gasteiger partial charge in [0.25, 0.3) is 0 Å². The van der Waals surface area contributed by atoms with Gasteiger partial charge in [-0.05, 0) is 43.4 Å². The maximum Gasteiger partial charge on any atom is 0.321 e. The number of hydrogen-bond acceptors (Lipinski definition) is 3. The summed E-state index contributed by atoms with van der Waals surface area (Å²) in [5.41, 5.74) is 1.69. The molecule has 2 fully saturated rings. The average molecular weight is 359 g/mol. The van der Waals surface area contributed by atoms with Crippen molar-refractivity contribution in [1.82, 2.24) is 9.80 Å². The second-order valence-electron chi connectivity index (χ2n) is 7.13. The van der Waals surface area contributed by atoms with Crippen molar-refractivity contribution in [3.05, 3.63) is 29.8 Å². The Kier molecular flexibility index (Phi) is 5.44. The van der Waals surface area contributed by atoms with E-state index in [4.69, 9.17) is 5.11 Å². The van der Waals surface area contributed by atoms with Crippen LogP contribution in [-0.2, 0) is 16.1 Å². The van der Waals surface area contributed by atoms with Crippen LogP contribution in [0, 0.1) is 5.92 Å². The van der Waals surface area contributed by atoms with Crippen LogP contribution >= 0.6 is 0 Å². The van der Waals surface area contributed by atoms with E-state index >= 15 is 0 Å². The summed E-state index contributed by atoms with van der Waals surface area (Å²) < 4.78 is 0. The SMILES string of the molecule is CC(=O)N(Cc1ccc(NC(=O)N2CCCC(C(=O)O)C2)cc1)C1CC1. The highest BCUT2D eigenvalue weighted by molar-refractivity contribution is 5.89. The van der Waals surface area contributed by atoms with Crippen LogP contribution in [0.15, 0.2) is 24.3 Å². The van der Waals surface area contributed by atoms with Crippen molar-refractivity contribution in [1.29, 1.82) is 0 Å².